The zero-order chi connectivity index (χ0) is 11.5. The molecule has 16 heavy (non-hydrogen) atoms. The third kappa shape index (κ3) is 1.86. The van der Waals surface area contributed by atoms with Gasteiger partial charge < -0.3 is 13.9 Å². The summed E-state index contributed by atoms with van der Waals surface area (Å²) in [6.07, 6.45) is 0. The molecule has 0 atom stereocenters. The second-order valence-electron chi connectivity index (χ2n) is 3.23. The maximum atomic E-state index is 11.1. The first-order valence-corrected chi connectivity index (χ1v) is 4.99. The average Bonchev–Trinajstić information content (AvgIpc) is 2.28. The van der Waals surface area contributed by atoms with Gasteiger partial charge in [-0.05, 0) is 19.1 Å². The van der Waals surface area contributed by atoms with E-state index >= 15 is 0 Å². The largest absolute Gasteiger partial charge is 0.493 e. The van der Waals surface area contributed by atoms with Crippen LogP contribution in [0.25, 0.3) is 11.0 Å². The molecule has 0 aliphatic rings. The van der Waals surface area contributed by atoms with Gasteiger partial charge in [0.2, 0.25) is 0 Å². The Morgan fingerprint density at radius 3 is 2.75 bits per heavy atom. The molecule has 0 unspecified atom stereocenters. The lowest BCUT2D eigenvalue weighted by Crippen LogP contribution is -1.98. The second kappa shape index (κ2) is 4.26. The monoisotopic (exact) mass is 220 g/mol. The Morgan fingerprint density at radius 2 is 2.06 bits per heavy atom. The van der Waals surface area contributed by atoms with Gasteiger partial charge in [0.25, 0.3) is 0 Å². The van der Waals surface area contributed by atoms with Gasteiger partial charge >= 0.3 is 5.63 Å². The Bertz CT molecular complexity index is 556. The van der Waals surface area contributed by atoms with Gasteiger partial charge in [-0.15, -0.1) is 0 Å². The molecule has 2 rings (SSSR count). The molecule has 0 N–H and O–H groups in total. The minimum atomic E-state index is -0.375. The quantitative estimate of drug-likeness (QED) is 0.744. The first-order valence-electron chi connectivity index (χ1n) is 4.99. The van der Waals surface area contributed by atoms with Gasteiger partial charge in [-0.2, -0.15) is 0 Å². The molecule has 0 aliphatic carbocycles. The molecule has 0 fully saturated rings. The Balaban J connectivity index is 2.65. The second-order valence-corrected chi connectivity index (χ2v) is 3.23. The van der Waals surface area contributed by atoms with E-state index in [1.807, 2.05) is 6.92 Å². The highest BCUT2D eigenvalue weighted by molar-refractivity contribution is 5.80. The highest BCUT2D eigenvalue weighted by atomic mass is 16.5. The van der Waals surface area contributed by atoms with Crippen LogP contribution in [0.4, 0.5) is 0 Å². The highest BCUT2D eigenvalue weighted by Crippen LogP contribution is 2.31. The van der Waals surface area contributed by atoms with Gasteiger partial charge in [0.15, 0.2) is 11.5 Å². The molecule has 4 heteroatoms. The molecule has 0 saturated carbocycles. The van der Waals surface area contributed by atoms with Crippen molar-refractivity contribution in [2.75, 3.05) is 13.7 Å². The van der Waals surface area contributed by atoms with Crippen molar-refractivity contribution in [2.45, 2.75) is 6.92 Å². The number of rotatable bonds is 3. The summed E-state index contributed by atoms with van der Waals surface area (Å²) in [7, 11) is 1.57. The van der Waals surface area contributed by atoms with Crippen LogP contribution in [0, 0.1) is 0 Å². The molecule has 1 aromatic heterocycles. The predicted molar refractivity (Wildman–Crippen MR) is 60.2 cm³/mol. The first kappa shape index (κ1) is 10.5. The van der Waals surface area contributed by atoms with Crippen molar-refractivity contribution in [1.29, 1.82) is 0 Å². The fraction of sp³-hybridized carbons (Fsp3) is 0.250. The van der Waals surface area contributed by atoms with E-state index in [1.165, 1.54) is 6.07 Å². The lowest BCUT2D eigenvalue weighted by Gasteiger charge is -2.09. The number of benzene rings is 1. The maximum absolute atomic E-state index is 11.1. The lowest BCUT2D eigenvalue weighted by atomic mass is 10.2. The number of hydrogen-bond acceptors (Lipinski definition) is 4. The van der Waals surface area contributed by atoms with Crippen LogP contribution in [0.1, 0.15) is 6.92 Å². The molecule has 4 nitrogen and oxygen atoms in total. The van der Waals surface area contributed by atoms with Crippen molar-refractivity contribution >= 4 is 11.0 Å². The topological polar surface area (TPSA) is 48.7 Å². The zero-order valence-electron chi connectivity index (χ0n) is 9.15. The number of fused-ring (bicyclic) bond motifs is 1. The van der Waals surface area contributed by atoms with Crippen LogP contribution in [-0.2, 0) is 0 Å². The van der Waals surface area contributed by atoms with Gasteiger partial charge in [0.1, 0.15) is 5.58 Å². The molecular formula is C12H12O4. The van der Waals surface area contributed by atoms with Crippen molar-refractivity contribution in [3.63, 3.8) is 0 Å². The Morgan fingerprint density at radius 1 is 1.25 bits per heavy atom. The summed E-state index contributed by atoms with van der Waals surface area (Å²) < 4.78 is 15.6. The minimum Gasteiger partial charge on any atom is -0.493 e. The van der Waals surface area contributed by atoms with Gasteiger partial charge in [-0.1, -0.05) is 0 Å². The summed E-state index contributed by atoms with van der Waals surface area (Å²) in [6, 6.07) is 6.52. The lowest BCUT2D eigenvalue weighted by molar-refractivity contribution is 0.311. The van der Waals surface area contributed by atoms with Crippen LogP contribution in [0.2, 0.25) is 0 Å². The summed E-state index contributed by atoms with van der Waals surface area (Å²) in [4.78, 5) is 11.1. The van der Waals surface area contributed by atoms with Crippen LogP contribution in [0.3, 0.4) is 0 Å². The molecule has 0 amide bonds. The Labute approximate surface area is 92.4 Å². The van der Waals surface area contributed by atoms with E-state index in [2.05, 4.69) is 0 Å². The predicted octanol–water partition coefficient (Wildman–Crippen LogP) is 2.20. The number of methoxy groups -OCH3 is 1. The van der Waals surface area contributed by atoms with E-state index in [1.54, 1.807) is 25.3 Å². The molecular weight excluding hydrogens is 208 g/mol. The van der Waals surface area contributed by atoms with Crippen LogP contribution < -0.4 is 15.1 Å². The Hall–Kier alpha value is -1.97. The van der Waals surface area contributed by atoms with Crippen LogP contribution >= 0.6 is 0 Å². The van der Waals surface area contributed by atoms with Crippen molar-refractivity contribution in [3.05, 3.63) is 34.7 Å². The smallest absolute Gasteiger partial charge is 0.336 e. The first-order chi connectivity index (χ1) is 7.74. The zero-order valence-corrected chi connectivity index (χ0v) is 9.15. The van der Waals surface area contributed by atoms with E-state index in [4.69, 9.17) is 13.9 Å². The molecule has 2 aromatic rings. The molecule has 0 saturated heterocycles. The third-order valence-electron chi connectivity index (χ3n) is 2.21. The van der Waals surface area contributed by atoms with E-state index < -0.39 is 0 Å². The summed E-state index contributed by atoms with van der Waals surface area (Å²) in [6.45, 7) is 2.41. The van der Waals surface area contributed by atoms with Crippen LogP contribution in [0.15, 0.2) is 33.5 Å². The van der Waals surface area contributed by atoms with E-state index in [-0.39, 0.29) is 5.63 Å². The van der Waals surface area contributed by atoms with Gasteiger partial charge in [-0.3, -0.25) is 0 Å². The van der Waals surface area contributed by atoms with Crippen molar-refractivity contribution in [2.24, 2.45) is 0 Å². The normalized spacial score (nSPS) is 10.4. The molecule has 0 spiro atoms. The van der Waals surface area contributed by atoms with Crippen molar-refractivity contribution < 1.29 is 13.9 Å². The number of hydrogen-bond donors (Lipinski definition) is 0. The molecule has 1 heterocycles. The summed E-state index contributed by atoms with van der Waals surface area (Å²) in [5.74, 6) is 1.20. The highest BCUT2D eigenvalue weighted by Gasteiger charge is 2.07. The fourth-order valence-corrected chi connectivity index (χ4v) is 1.50. The average molecular weight is 220 g/mol. The van der Waals surface area contributed by atoms with Gasteiger partial charge in [0, 0.05) is 17.5 Å². The Kier molecular flexibility index (Phi) is 2.81. The third-order valence-corrected chi connectivity index (χ3v) is 2.21. The maximum Gasteiger partial charge on any atom is 0.336 e. The minimum absolute atomic E-state index is 0.375. The van der Waals surface area contributed by atoms with Crippen molar-refractivity contribution in [3.8, 4) is 11.5 Å². The molecule has 0 bridgehead atoms. The summed E-state index contributed by atoms with van der Waals surface area (Å²) >= 11 is 0. The molecule has 0 radical (unpaired) electrons. The summed E-state index contributed by atoms with van der Waals surface area (Å²) in [5, 5.41) is 0.805. The molecule has 1 aromatic carbocycles. The number of ether oxygens (including phenoxy) is 2. The van der Waals surface area contributed by atoms with E-state index in [0.29, 0.717) is 23.7 Å². The summed E-state index contributed by atoms with van der Waals surface area (Å²) in [5.41, 5.74) is 0.122. The molecule has 0 aliphatic heterocycles. The van der Waals surface area contributed by atoms with Crippen LogP contribution in [-0.4, -0.2) is 13.7 Å². The van der Waals surface area contributed by atoms with E-state index in [0.717, 1.165) is 5.39 Å². The molecule has 84 valence electrons. The van der Waals surface area contributed by atoms with Crippen molar-refractivity contribution in [1.82, 2.24) is 0 Å². The van der Waals surface area contributed by atoms with Crippen LogP contribution in [0.5, 0.6) is 11.5 Å². The van der Waals surface area contributed by atoms with Gasteiger partial charge in [0.05, 0.1) is 13.7 Å². The van der Waals surface area contributed by atoms with Gasteiger partial charge in [-0.25, -0.2) is 4.79 Å². The van der Waals surface area contributed by atoms with E-state index in [9.17, 15) is 4.79 Å². The fourth-order valence-electron chi connectivity index (χ4n) is 1.50. The standard InChI is InChI=1S/C12H12O4/c1-3-15-11-7-9-8(6-10(11)14-2)4-5-12(13)16-9/h4-7H,3H2,1-2H3. The SMILES string of the molecule is CCOc1cc2oc(=O)ccc2cc1OC.